The molecule has 0 fully saturated rings. The van der Waals surface area contributed by atoms with Crippen LogP contribution in [0.2, 0.25) is 10.0 Å². The van der Waals surface area contributed by atoms with Gasteiger partial charge in [0.1, 0.15) is 0 Å². The molecule has 32 heavy (non-hydrogen) atoms. The highest BCUT2D eigenvalue weighted by Gasteiger charge is 2.19. The molecule has 8 heteroatoms. The van der Waals surface area contributed by atoms with Crippen LogP contribution in [0.15, 0.2) is 77.8 Å². The zero-order valence-electron chi connectivity index (χ0n) is 17.2. The van der Waals surface area contributed by atoms with Gasteiger partial charge in [-0.05, 0) is 61.4 Å². The van der Waals surface area contributed by atoms with Gasteiger partial charge in [-0.1, -0.05) is 53.0 Å². The number of hydrogen-bond donors (Lipinski definition) is 1. The second-order valence-corrected chi connectivity index (χ2v) is 10.1. The van der Waals surface area contributed by atoms with Crippen LogP contribution in [0.25, 0.3) is 10.9 Å². The quantitative estimate of drug-likeness (QED) is 0.393. The van der Waals surface area contributed by atoms with Crippen molar-refractivity contribution < 1.29 is 13.2 Å². The van der Waals surface area contributed by atoms with E-state index >= 15 is 0 Å². The van der Waals surface area contributed by atoms with Gasteiger partial charge in [0.2, 0.25) is 0 Å². The largest absolute Gasteiger partial charge is 0.352 e. The number of aromatic nitrogens is 1. The predicted octanol–water partition coefficient (Wildman–Crippen LogP) is 5.47. The summed E-state index contributed by atoms with van der Waals surface area (Å²) in [5.74, 6) is -0.293. The Morgan fingerprint density at radius 3 is 2.44 bits per heavy atom. The molecule has 0 atom stereocenters. The maximum atomic E-state index is 13.1. The van der Waals surface area contributed by atoms with E-state index in [0.29, 0.717) is 29.1 Å². The maximum absolute atomic E-state index is 13.1. The van der Waals surface area contributed by atoms with Crippen molar-refractivity contribution in [3.8, 4) is 0 Å². The van der Waals surface area contributed by atoms with Crippen molar-refractivity contribution in [1.29, 1.82) is 0 Å². The number of nitrogens with one attached hydrogen (secondary N) is 1. The summed E-state index contributed by atoms with van der Waals surface area (Å²) in [5.41, 5.74) is 2.84. The number of carbonyl (C=O) groups is 1. The molecule has 1 aromatic heterocycles. The fourth-order valence-electron chi connectivity index (χ4n) is 3.43. The minimum Gasteiger partial charge on any atom is -0.352 e. The molecule has 0 spiro atoms. The highest BCUT2D eigenvalue weighted by atomic mass is 35.5. The summed E-state index contributed by atoms with van der Waals surface area (Å²) in [7, 11) is -3.71. The Morgan fingerprint density at radius 2 is 1.72 bits per heavy atom. The summed E-state index contributed by atoms with van der Waals surface area (Å²) in [6.45, 7) is 2.28. The van der Waals surface area contributed by atoms with Gasteiger partial charge in [0, 0.05) is 23.2 Å². The molecule has 0 saturated heterocycles. The van der Waals surface area contributed by atoms with Crippen molar-refractivity contribution >= 4 is 50.0 Å². The van der Waals surface area contributed by atoms with Gasteiger partial charge in [-0.2, -0.15) is 0 Å². The van der Waals surface area contributed by atoms with Crippen LogP contribution in [-0.2, 0) is 16.4 Å². The lowest BCUT2D eigenvalue weighted by Crippen LogP contribution is -2.26. The standard InChI is InChI=1S/C24H20Cl2N2O3S/c1-16-2-7-20(8-3-16)32(30,31)28-13-11-18-5-4-17(14-23(18)28)10-12-27-24(29)21-9-6-19(25)15-22(21)26/h2-9,11,13-15H,10,12H2,1H3,(H,27,29). The van der Waals surface area contributed by atoms with Crippen molar-refractivity contribution in [3.63, 3.8) is 0 Å². The van der Waals surface area contributed by atoms with Crippen molar-refractivity contribution in [1.82, 2.24) is 9.29 Å². The molecule has 164 valence electrons. The monoisotopic (exact) mass is 486 g/mol. The second-order valence-electron chi connectivity index (χ2n) is 7.45. The summed E-state index contributed by atoms with van der Waals surface area (Å²) in [6.07, 6.45) is 2.09. The van der Waals surface area contributed by atoms with Crippen LogP contribution in [0, 0.1) is 6.92 Å². The van der Waals surface area contributed by atoms with E-state index in [0.717, 1.165) is 16.5 Å². The number of hydrogen-bond acceptors (Lipinski definition) is 3. The topological polar surface area (TPSA) is 68.2 Å². The Labute approximate surface area is 196 Å². The van der Waals surface area contributed by atoms with E-state index in [2.05, 4.69) is 5.32 Å². The first kappa shape index (κ1) is 22.4. The Balaban J connectivity index is 1.52. The first-order valence-corrected chi connectivity index (χ1v) is 12.1. The van der Waals surface area contributed by atoms with E-state index in [4.69, 9.17) is 23.2 Å². The van der Waals surface area contributed by atoms with Crippen LogP contribution in [0.5, 0.6) is 0 Å². The van der Waals surface area contributed by atoms with Gasteiger partial charge in [-0.3, -0.25) is 4.79 Å². The number of benzene rings is 3. The SMILES string of the molecule is Cc1ccc(S(=O)(=O)n2ccc3ccc(CCNC(=O)c4ccc(Cl)cc4Cl)cc32)cc1. The minimum absolute atomic E-state index is 0.234. The molecule has 0 bridgehead atoms. The van der Waals surface area contributed by atoms with Crippen molar-refractivity contribution in [3.05, 3.63) is 99.7 Å². The number of amides is 1. The van der Waals surface area contributed by atoms with E-state index in [1.54, 1.807) is 48.7 Å². The lowest BCUT2D eigenvalue weighted by atomic mass is 10.1. The number of carbonyl (C=O) groups excluding carboxylic acids is 1. The Bertz CT molecular complexity index is 1410. The molecule has 0 saturated carbocycles. The van der Waals surface area contributed by atoms with Gasteiger partial charge < -0.3 is 5.32 Å². The predicted molar refractivity (Wildman–Crippen MR) is 128 cm³/mol. The normalized spacial score (nSPS) is 11.6. The van der Waals surface area contributed by atoms with Gasteiger partial charge in [0.05, 0.1) is 21.0 Å². The first-order chi connectivity index (χ1) is 15.3. The number of halogens is 2. The number of nitrogens with zero attached hydrogens (tertiary/aromatic N) is 1. The molecular weight excluding hydrogens is 467 g/mol. The highest BCUT2D eigenvalue weighted by Crippen LogP contribution is 2.24. The molecule has 1 amide bonds. The summed E-state index contributed by atoms with van der Waals surface area (Å²) >= 11 is 12.0. The van der Waals surface area contributed by atoms with E-state index in [9.17, 15) is 13.2 Å². The van der Waals surface area contributed by atoms with Crippen LogP contribution in [0.4, 0.5) is 0 Å². The zero-order valence-corrected chi connectivity index (χ0v) is 19.5. The van der Waals surface area contributed by atoms with Gasteiger partial charge in [0.15, 0.2) is 0 Å². The molecule has 0 aliphatic heterocycles. The van der Waals surface area contributed by atoms with Crippen molar-refractivity contribution in [2.45, 2.75) is 18.2 Å². The van der Waals surface area contributed by atoms with E-state index in [1.165, 1.54) is 10.0 Å². The molecule has 1 N–H and O–H groups in total. The molecular formula is C24H20Cl2N2O3S. The Hall–Kier alpha value is -2.80. The van der Waals surface area contributed by atoms with Gasteiger partial charge in [-0.15, -0.1) is 0 Å². The lowest BCUT2D eigenvalue weighted by Gasteiger charge is -2.10. The van der Waals surface area contributed by atoms with Crippen molar-refractivity contribution in [2.24, 2.45) is 0 Å². The molecule has 3 aromatic carbocycles. The maximum Gasteiger partial charge on any atom is 0.268 e. The summed E-state index contributed by atoms with van der Waals surface area (Å²) in [6, 6.07) is 18.9. The van der Waals surface area contributed by atoms with Gasteiger partial charge >= 0.3 is 0 Å². The molecule has 1 heterocycles. The summed E-state index contributed by atoms with van der Waals surface area (Å²) in [4.78, 5) is 12.6. The first-order valence-electron chi connectivity index (χ1n) is 9.91. The van der Waals surface area contributed by atoms with Gasteiger partial charge in [0.25, 0.3) is 15.9 Å². The van der Waals surface area contributed by atoms with Crippen molar-refractivity contribution in [2.75, 3.05) is 6.54 Å². The third-order valence-electron chi connectivity index (χ3n) is 5.17. The smallest absolute Gasteiger partial charge is 0.268 e. The molecule has 4 aromatic rings. The summed E-state index contributed by atoms with van der Waals surface area (Å²) in [5, 5.41) is 4.40. The van der Waals surface area contributed by atoms with Crippen LogP contribution in [-0.4, -0.2) is 24.8 Å². The Morgan fingerprint density at radius 1 is 0.969 bits per heavy atom. The fourth-order valence-corrected chi connectivity index (χ4v) is 5.27. The Kier molecular flexibility index (Phi) is 6.29. The summed E-state index contributed by atoms with van der Waals surface area (Å²) < 4.78 is 27.6. The van der Waals surface area contributed by atoms with Crippen LogP contribution in [0.1, 0.15) is 21.5 Å². The molecule has 4 rings (SSSR count). The van der Waals surface area contributed by atoms with Gasteiger partial charge in [-0.25, -0.2) is 12.4 Å². The van der Waals surface area contributed by atoms with Crippen LogP contribution in [0.3, 0.4) is 0 Å². The minimum atomic E-state index is -3.71. The average molecular weight is 487 g/mol. The van der Waals surface area contributed by atoms with Crippen LogP contribution >= 0.6 is 23.2 Å². The lowest BCUT2D eigenvalue weighted by molar-refractivity contribution is 0.0954. The third kappa shape index (κ3) is 4.53. The third-order valence-corrected chi connectivity index (χ3v) is 7.43. The van der Waals surface area contributed by atoms with Crippen LogP contribution < -0.4 is 5.32 Å². The average Bonchev–Trinajstić information content (AvgIpc) is 3.18. The second kappa shape index (κ2) is 8.98. The van der Waals surface area contributed by atoms with E-state index in [1.807, 2.05) is 25.1 Å². The molecule has 0 aliphatic carbocycles. The number of aryl methyl sites for hydroxylation is 1. The molecule has 5 nitrogen and oxygen atoms in total. The number of rotatable bonds is 6. The van der Waals surface area contributed by atoms with E-state index < -0.39 is 10.0 Å². The molecule has 0 unspecified atom stereocenters. The number of fused-ring (bicyclic) bond motifs is 1. The molecule has 0 radical (unpaired) electrons. The zero-order chi connectivity index (χ0) is 22.9. The molecule has 0 aliphatic rings. The van der Waals surface area contributed by atoms with E-state index in [-0.39, 0.29) is 15.8 Å². The fraction of sp³-hybridized carbons (Fsp3) is 0.125. The highest BCUT2D eigenvalue weighted by molar-refractivity contribution is 7.90.